The lowest BCUT2D eigenvalue weighted by atomic mass is 10.3. The van der Waals surface area contributed by atoms with Gasteiger partial charge in [-0.05, 0) is 6.92 Å². The van der Waals surface area contributed by atoms with Crippen molar-refractivity contribution in [2.45, 2.75) is 19.1 Å². The van der Waals surface area contributed by atoms with Crippen LogP contribution in [0, 0.1) is 0 Å². The molecule has 0 fully saturated rings. The fourth-order valence-electron chi connectivity index (χ4n) is 0.901. The Morgan fingerprint density at radius 1 is 1.25 bits per heavy atom. The van der Waals surface area contributed by atoms with E-state index in [0.717, 1.165) is 0 Å². The van der Waals surface area contributed by atoms with Crippen LogP contribution in [0.2, 0.25) is 0 Å². The van der Waals surface area contributed by atoms with Crippen LogP contribution in [0.1, 0.15) is 6.92 Å². The van der Waals surface area contributed by atoms with Gasteiger partial charge >= 0.3 is 0 Å². The molecule has 2 heteroatoms. The summed E-state index contributed by atoms with van der Waals surface area (Å²) in [6, 6.07) is 0. The van der Waals surface area contributed by atoms with Crippen LogP contribution in [0.25, 0.3) is 0 Å². The van der Waals surface area contributed by atoms with Gasteiger partial charge in [-0.3, -0.25) is 0 Å². The molecule has 0 heterocycles. The van der Waals surface area contributed by atoms with E-state index in [2.05, 4.69) is 0 Å². The summed E-state index contributed by atoms with van der Waals surface area (Å²) in [7, 11) is 0. The van der Waals surface area contributed by atoms with Crippen LogP contribution in [0.3, 0.4) is 0 Å². The van der Waals surface area contributed by atoms with Gasteiger partial charge in [0.2, 0.25) is 0 Å². The predicted molar refractivity (Wildman–Crippen MR) is 48.8 cm³/mol. The standard InChI is InChI=1S/C10H14O2/c1-9(11)8-12-10-6-4-2-3-5-7-10/h2-7,9-11H,8H2,1H3. The molecule has 1 rings (SSSR count). The molecule has 0 saturated carbocycles. The third kappa shape index (κ3) is 3.51. The van der Waals surface area contributed by atoms with Crippen LogP contribution in [-0.4, -0.2) is 23.9 Å². The Bertz CT molecular complexity index is 186. The van der Waals surface area contributed by atoms with Gasteiger partial charge in [0.15, 0.2) is 0 Å². The zero-order chi connectivity index (χ0) is 8.81. The van der Waals surface area contributed by atoms with Crippen molar-refractivity contribution in [2.24, 2.45) is 0 Å². The van der Waals surface area contributed by atoms with Crippen LogP contribution in [-0.2, 0) is 4.74 Å². The summed E-state index contributed by atoms with van der Waals surface area (Å²) in [6.45, 7) is 2.09. The lowest BCUT2D eigenvalue weighted by Crippen LogP contribution is -2.16. The molecule has 0 aromatic heterocycles. The quantitative estimate of drug-likeness (QED) is 0.687. The first kappa shape index (κ1) is 9.23. The Morgan fingerprint density at radius 3 is 2.33 bits per heavy atom. The van der Waals surface area contributed by atoms with Crippen molar-refractivity contribution in [3.05, 3.63) is 36.5 Å². The molecule has 1 aliphatic carbocycles. The van der Waals surface area contributed by atoms with Crippen molar-refractivity contribution in [1.29, 1.82) is 0 Å². The van der Waals surface area contributed by atoms with Gasteiger partial charge in [0, 0.05) is 0 Å². The third-order valence-corrected chi connectivity index (χ3v) is 1.46. The number of ether oxygens (including phenoxy) is 1. The van der Waals surface area contributed by atoms with Crippen LogP contribution in [0.15, 0.2) is 36.5 Å². The molecule has 1 aliphatic rings. The van der Waals surface area contributed by atoms with E-state index in [-0.39, 0.29) is 6.10 Å². The Kier molecular flexibility index (Phi) is 3.77. The normalized spacial score (nSPS) is 19.5. The van der Waals surface area contributed by atoms with Crippen LogP contribution in [0.5, 0.6) is 0 Å². The molecule has 0 aromatic rings. The smallest absolute Gasteiger partial charge is 0.0944 e. The second kappa shape index (κ2) is 4.91. The molecule has 66 valence electrons. The van der Waals surface area contributed by atoms with E-state index in [9.17, 15) is 0 Å². The first-order chi connectivity index (χ1) is 5.79. The molecule has 0 radical (unpaired) electrons. The van der Waals surface area contributed by atoms with E-state index < -0.39 is 6.10 Å². The molecular formula is C10H14O2. The number of hydrogen-bond donors (Lipinski definition) is 1. The van der Waals surface area contributed by atoms with Crippen molar-refractivity contribution in [3.8, 4) is 0 Å². The first-order valence-electron chi connectivity index (χ1n) is 4.10. The monoisotopic (exact) mass is 166 g/mol. The molecule has 0 aromatic carbocycles. The van der Waals surface area contributed by atoms with Crippen molar-refractivity contribution in [2.75, 3.05) is 6.61 Å². The second-order valence-corrected chi connectivity index (χ2v) is 2.80. The largest absolute Gasteiger partial charge is 0.391 e. The summed E-state index contributed by atoms with van der Waals surface area (Å²) in [5.41, 5.74) is 0. The highest BCUT2D eigenvalue weighted by molar-refractivity contribution is 5.20. The fourth-order valence-corrected chi connectivity index (χ4v) is 0.901. The zero-order valence-corrected chi connectivity index (χ0v) is 7.18. The molecule has 12 heavy (non-hydrogen) atoms. The minimum absolute atomic E-state index is 0.00500. The van der Waals surface area contributed by atoms with Gasteiger partial charge in [0.05, 0.1) is 18.8 Å². The van der Waals surface area contributed by atoms with Crippen molar-refractivity contribution >= 4 is 0 Å². The number of aliphatic hydroxyl groups excluding tert-OH is 1. The molecule has 0 saturated heterocycles. The van der Waals surface area contributed by atoms with Crippen molar-refractivity contribution < 1.29 is 9.84 Å². The average Bonchev–Trinajstić information content (AvgIpc) is 2.28. The SMILES string of the molecule is CC(O)COC1C=CC=CC=C1. The Hall–Kier alpha value is -0.860. The van der Waals surface area contributed by atoms with E-state index >= 15 is 0 Å². The van der Waals surface area contributed by atoms with Gasteiger partial charge in [-0.1, -0.05) is 36.5 Å². The zero-order valence-electron chi connectivity index (χ0n) is 7.18. The molecule has 0 spiro atoms. The number of allylic oxidation sites excluding steroid dienone is 4. The molecule has 0 amide bonds. The molecular weight excluding hydrogens is 152 g/mol. The summed E-state index contributed by atoms with van der Waals surface area (Å²) in [6.07, 6.45) is 11.3. The molecule has 1 N–H and O–H groups in total. The second-order valence-electron chi connectivity index (χ2n) is 2.80. The predicted octanol–water partition coefficient (Wildman–Crippen LogP) is 1.43. The van der Waals surface area contributed by atoms with Gasteiger partial charge in [-0.2, -0.15) is 0 Å². The summed E-state index contributed by atoms with van der Waals surface area (Å²) < 4.78 is 5.36. The molecule has 1 atom stereocenters. The minimum Gasteiger partial charge on any atom is -0.391 e. The lowest BCUT2D eigenvalue weighted by Gasteiger charge is -2.10. The summed E-state index contributed by atoms with van der Waals surface area (Å²) in [5, 5.41) is 8.96. The highest BCUT2D eigenvalue weighted by atomic mass is 16.5. The number of rotatable bonds is 3. The highest BCUT2D eigenvalue weighted by Crippen LogP contribution is 2.02. The van der Waals surface area contributed by atoms with E-state index in [0.29, 0.717) is 6.61 Å². The van der Waals surface area contributed by atoms with Gasteiger partial charge in [0.1, 0.15) is 0 Å². The molecule has 0 bridgehead atoms. The average molecular weight is 166 g/mol. The van der Waals surface area contributed by atoms with E-state index in [1.165, 1.54) is 0 Å². The maximum absolute atomic E-state index is 8.96. The van der Waals surface area contributed by atoms with Gasteiger partial charge in [-0.25, -0.2) is 0 Å². The van der Waals surface area contributed by atoms with Crippen molar-refractivity contribution in [1.82, 2.24) is 0 Å². The van der Waals surface area contributed by atoms with Gasteiger partial charge < -0.3 is 9.84 Å². The topological polar surface area (TPSA) is 29.5 Å². The van der Waals surface area contributed by atoms with Crippen LogP contribution < -0.4 is 0 Å². The maximum atomic E-state index is 8.96. The summed E-state index contributed by atoms with van der Waals surface area (Å²) in [5.74, 6) is 0. The third-order valence-electron chi connectivity index (χ3n) is 1.46. The first-order valence-corrected chi connectivity index (χ1v) is 4.10. The van der Waals surface area contributed by atoms with E-state index in [1.807, 2.05) is 36.5 Å². The Morgan fingerprint density at radius 2 is 1.83 bits per heavy atom. The lowest BCUT2D eigenvalue weighted by molar-refractivity contribution is 0.0348. The summed E-state index contributed by atoms with van der Waals surface area (Å²) in [4.78, 5) is 0. The summed E-state index contributed by atoms with van der Waals surface area (Å²) >= 11 is 0. The molecule has 2 nitrogen and oxygen atoms in total. The minimum atomic E-state index is -0.400. The van der Waals surface area contributed by atoms with E-state index in [1.54, 1.807) is 6.92 Å². The van der Waals surface area contributed by atoms with Gasteiger partial charge in [0.25, 0.3) is 0 Å². The molecule has 1 unspecified atom stereocenters. The highest BCUT2D eigenvalue weighted by Gasteiger charge is 2.02. The number of hydrogen-bond acceptors (Lipinski definition) is 2. The van der Waals surface area contributed by atoms with E-state index in [4.69, 9.17) is 9.84 Å². The van der Waals surface area contributed by atoms with Crippen LogP contribution >= 0.6 is 0 Å². The fraction of sp³-hybridized carbons (Fsp3) is 0.400. The molecule has 0 aliphatic heterocycles. The maximum Gasteiger partial charge on any atom is 0.0944 e. The Balaban J connectivity index is 2.33. The van der Waals surface area contributed by atoms with Crippen LogP contribution in [0.4, 0.5) is 0 Å². The van der Waals surface area contributed by atoms with Gasteiger partial charge in [-0.15, -0.1) is 0 Å². The number of aliphatic hydroxyl groups is 1. The van der Waals surface area contributed by atoms with Crippen molar-refractivity contribution in [3.63, 3.8) is 0 Å². The Labute approximate surface area is 72.9 Å².